The average molecular weight is 367 g/mol. The Kier molecular flexibility index (Phi) is 4.09. The number of hydrogen-bond donors (Lipinski definition) is 0. The summed E-state index contributed by atoms with van der Waals surface area (Å²) in [5, 5.41) is 6.62. The van der Waals surface area contributed by atoms with Crippen LogP contribution in [-0.2, 0) is 19.5 Å². The molecule has 3 nitrogen and oxygen atoms in total. The summed E-state index contributed by atoms with van der Waals surface area (Å²) in [6.07, 6.45) is 3.03. The summed E-state index contributed by atoms with van der Waals surface area (Å²) in [6, 6.07) is 8.11. The van der Waals surface area contributed by atoms with Crippen molar-refractivity contribution in [2.75, 3.05) is 0 Å². The molecule has 0 amide bonds. The van der Waals surface area contributed by atoms with Crippen LogP contribution in [0.4, 0.5) is 0 Å². The molecule has 0 aliphatic heterocycles. The quantitative estimate of drug-likeness (QED) is 0.645. The van der Waals surface area contributed by atoms with Gasteiger partial charge in [0.1, 0.15) is 0 Å². The Bertz CT molecular complexity index is 788. The van der Waals surface area contributed by atoms with E-state index in [4.69, 9.17) is 11.6 Å². The molecule has 0 unspecified atom stereocenters. The number of nitrogens with zero attached hydrogens (tertiary/aromatic N) is 3. The zero-order chi connectivity index (χ0) is 15.0. The highest BCUT2D eigenvalue weighted by Gasteiger charge is 2.15. The number of rotatable bonds is 4. The second-order valence-corrected chi connectivity index (χ2v) is 6.25. The zero-order valence-corrected chi connectivity index (χ0v) is 14.4. The number of aryl methyl sites for hydroxylation is 2. The maximum Gasteiger partial charge on any atom is 0.0767 e. The van der Waals surface area contributed by atoms with Crippen molar-refractivity contribution in [3.8, 4) is 0 Å². The Morgan fingerprint density at radius 2 is 2.05 bits per heavy atom. The van der Waals surface area contributed by atoms with Crippen molar-refractivity contribution in [3.05, 3.63) is 51.3 Å². The van der Waals surface area contributed by atoms with Gasteiger partial charge in [-0.2, -0.15) is 5.10 Å². The van der Waals surface area contributed by atoms with E-state index in [2.05, 4.69) is 62.5 Å². The van der Waals surface area contributed by atoms with Crippen LogP contribution in [-0.4, -0.2) is 14.3 Å². The summed E-state index contributed by atoms with van der Waals surface area (Å²) in [5.41, 5.74) is 3.46. The smallest absolute Gasteiger partial charge is 0.0767 e. The fourth-order valence-corrected chi connectivity index (χ4v) is 3.48. The Hall–Kier alpha value is -1.26. The van der Waals surface area contributed by atoms with Crippen molar-refractivity contribution < 1.29 is 0 Å². The van der Waals surface area contributed by atoms with Crippen LogP contribution in [0.15, 0.2) is 34.9 Å². The van der Waals surface area contributed by atoms with Crippen LogP contribution >= 0.6 is 27.5 Å². The Morgan fingerprint density at radius 3 is 2.76 bits per heavy atom. The lowest BCUT2D eigenvalue weighted by Gasteiger charge is -2.08. The molecule has 110 valence electrons. The Balaban J connectivity index is 2.06. The van der Waals surface area contributed by atoms with Crippen LogP contribution in [0.5, 0.6) is 0 Å². The van der Waals surface area contributed by atoms with Crippen LogP contribution in [0.3, 0.4) is 0 Å². The molecule has 0 atom stereocenters. The van der Waals surface area contributed by atoms with Gasteiger partial charge in [0.15, 0.2) is 0 Å². The van der Waals surface area contributed by atoms with E-state index >= 15 is 0 Å². The van der Waals surface area contributed by atoms with Gasteiger partial charge in [0.25, 0.3) is 0 Å². The molecule has 0 aliphatic carbocycles. The first-order valence-corrected chi connectivity index (χ1v) is 8.29. The third-order valence-corrected chi connectivity index (χ3v) is 4.90. The molecule has 3 rings (SSSR count). The van der Waals surface area contributed by atoms with E-state index in [-0.39, 0.29) is 0 Å². The second-order valence-electron chi connectivity index (χ2n) is 5.02. The summed E-state index contributed by atoms with van der Waals surface area (Å²) < 4.78 is 5.41. The van der Waals surface area contributed by atoms with Gasteiger partial charge in [0, 0.05) is 23.3 Å². The molecule has 2 aromatic heterocycles. The minimum Gasteiger partial charge on any atom is -0.341 e. The van der Waals surface area contributed by atoms with Crippen LogP contribution in [0.2, 0.25) is 5.02 Å². The SMILES string of the molecule is CCc1nn(CC)c(Cn2ccc3ccc(Cl)cc32)c1Br. The summed E-state index contributed by atoms with van der Waals surface area (Å²) in [7, 11) is 0. The third-order valence-electron chi connectivity index (χ3n) is 3.75. The highest BCUT2D eigenvalue weighted by atomic mass is 79.9. The van der Waals surface area contributed by atoms with Crippen LogP contribution in [0.25, 0.3) is 10.9 Å². The summed E-state index contributed by atoms with van der Waals surface area (Å²) in [6.45, 7) is 5.90. The molecule has 21 heavy (non-hydrogen) atoms. The van der Waals surface area contributed by atoms with Crippen LogP contribution in [0.1, 0.15) is 25.2 Å². The molecule has 0 N–H and O–H groups in total. The minimum atomic E-state index is 0.764. The van der Waals surface area contributed by atoms with E-state index in [1.54, 1.807) is 0 Å². The summed E-state index contributed by atoms with van der Waals surface area (Å²) in [5.74, 6) is 0. The monoisotopic (exact) mass is 365 g/mol. The molecule has 0 fully saturated rings. The Labute approximate surface area is 137 Å². The highest BCUT2D eigenvalue weighted by Crippen LogP contribution is 2.26. The molecule has 0 saturated heterocycles. The minimum absolute atomic E-state index is 0.764. The lowest BCUT2D eigenvalue weighted by Crippen LogP contribution is -2.07. The molecule has 3 aromatic rings. The van der Waals surface area contributed by atoms with E-state index in [0.29, 0.717) is 0 Å². The van der Waals surface area contributed by atoms with Crippen molar-refractivity contribution in [1.82, 2.24) is 14.3 Å². The maximum atomic E-state index is 6.13. The van der Waals surface area contributed by atoms with Gasteiger partial charge in [-0.15, -0.1) is 0 Å². The van der Waals surface area contributed by atoms with Crippen molar-refractivity contribution >= 4 is 38.4 Å². The van der Waals surface area contributed by atoms with Gasteiger partial charge >= 0.3 is 0 Å². The molecule has 1 aromatic carbocycles. The standard InChI is InChI=1S/C16H17BrClN3/c1-3-13-16(17)15(21(4-2)19-13)10-20-8-7-11-5-6-12(18)9-14(11)20/h5-9H,3-4,10H2,1-2H3. The van der Waals surface area contributed by atoms with E-state index in [0.717, 1.165) is 40.2 Å². The number of benzene rings is 1. The topological polar surface area (TPSA) is 22.8 Å². The van der Waals surface area contributed by atoms with Crippen molar-refractivity contribution in [3.63, 3.8) is 0 Å². The lowest BCUT2D eigenvalue weighted by atomic mass is 10.2. The van der Waals surface area contributed by atoms with Crippen molar-refractivity contribution in [2.24, 2.45) is 0 Å². The van der Waals surface area contributed by atoms with E-state index in [9.17, 15) is 0 Å². The maximum absolute atomic E-state index is 6.13. The first-order chi connectivity index (χ1) is 10.1. The largest absolute Gasteiger partial charge is 0.341 e. The highest BCUT2D eigenvalue weighted by molar-refractivity contribution is 9.10. The van der Waals surface area contributed by atoms with Gasteiger partial charge in [-0.3, -0.25) is 4.68 Å². The third kappa shape index (κ3) is 2.62. The molecule has 0 aliphatic rings. The normalized spacial score (nSPS) is 11.4. The van der Waals surface area contributed by atoms with Crippen molar-refractivity contribution in [2.45, 2.75) is 33.4 Å². The number of aromatic nitrogens is 3. The Morgan fingerprint density at radius 1 is 1.24 bits per heavy atom. The van der Waals surface area contributed by atoms with Crippen LogP contribution < -0.4 is 0 Å². The number of halogens is 2. The number of hydrogen-bond acceptors (Lipinski definition) is 1. The van der Waals surface area contributed by atoms with Gasteiger partial charge in [-0.05, 0) is 52.9 Å². The fraction of sp³-hybridized carbons (Fsp3) is 0.312. The lowest BCUT2D eigenvalue weighted by molar-refractivity contribution is 0.598. The molecule has 5 heteroatoms. The van der Waals surface area contributed by atoms with Gasteiger partial charge in [0.05, 0.1) is 22.4 Å². The average Bonchev–Trinajstić information content (AvgIpc) is 3.01. The first-order valence-electron chi connectivity index (χ1n) is 7.12. The van der Waals surface area contributed by atoms with Gasteiger partial charge in [-0.25, -0.2) is 0 Å². The second kappa shape index (κ2) is 5.85. The molecule has 0 radical (unpaired) electrons. The molecule has 2 heterocycles. The van der Waals surface area contributed by atoms with E-state index < -0.39 is 0 Å². The summed E-state index contributed by atoms with van der Waals surface area (Å²) >= 11 is 9.83. The van der Waals surface area contributed by atoms with Gasteiger partial charge < -0.3 is 4.57 Å². The first kappa shape index (κ1) is 14.7. The fourth-order valence-electron chi connectivity index (χ4n) is 2.62. The molecular weight excluding hydrogens is 350 g/mol. The van der Waals surface area contributed by atoms with E-state index in [1.165, 1.54) is 11.1 Å². The predicted molar refractivity (Wildman–Crippen MR) is 91.0 cm³/mol. The van der Waals surface area contributed by atoms with Gasteiger partial charge in [0.2, 0.25) is 0 Å². The number of fused-ring (bicyclic) bond motifs is 1. The molecular formula is C16H17BrClN3. The molecule has 0 bridgehead atoms. The summed E-state index contributed by atoms with van der Waals surface area (Å²) in [4.78, 5) is 0. The molecule has 0 spiro atoms. The van der Waals surface area contributed by atoms with E-state index in [1.807, 2.05) is 12.1 Å². The van der Waals surface area contributed by atoms with Gasteiger partial charge in [-0.1, -0.05) is 24.6 Å². The van der Waals surface area contributed by atoms with Crippen LogP contribution in [0, 0.1) is 0 Å². The van der Waals surface area contributed by atoms with Crippen molar-refractivity contribution in [1.29, 1.82) is 0 Å². The predicted octanol–water partition coefficient (Wildman–Crippen LogP) is 4.88. The zero-order valence-electron chi connectivity index (χ0n) is 12.1. The molecule has 0 saturated carbocycles.